The van der Waals surface area contributed by atoms with Crippen molar-refractivity contribution >= 4 is 38.8 Å². The molecule has 2 aromatic carbocycles. The predicted molar refractivity (Wildman–Crippen MR) is 158 cm³/mol. The molecule has 0 spiro atoms. The number of benzene rings is 2. The highest BCUT2D eigenvalue weighted by Crippen LogP contribution is 2.33. The topological polar surface area (TPSA) is 138 Å². The molecule has 19 heteroatoms. The van der Waals surface area contributed by atoms with Gasteiger partial charge >= 0.3 is 18.4 Å². The van der Waals surface area contributed by atoms with Crippen molar-refractivity contribution < 1.29 is 43.9 Å². The van der Waals surface area contributed by atoms with E-state index in [2.05, 4.69) is 20.7 Å². The van der Waals surface area contributed by atoms with Crippen LogP contribution in [0.15, 0.2) is 54.9 Å². The predicted octanol–water partition coefficient (Wildman–Crippen LogP) is 5.18. The fraction of sp³-hybridized carbons (Fsp3) is 0.321. The molecule has 0 radical (unpaired) electrons. The van der Waals surface area contributed by atoms with Crippen LogP contribution in [0.4, 0.5) is 52.7 Å². The van der Waals surface area contributed by atoms with E-state index in [1.165, 1.54) is 18.5 Å². The maximum absolute atomic E-state index is 14.0. The summed E-state index contributed by atoms with van der Waals surface area (Å²) in [4.78, 5) is 18.4. The summed E-state index contributed by atoms with van der Waals surface area (Å²) in [6.45, 7) is 0.883. The molecule has 4 aromatic rings. The van der Waals surface area contributed by atoms with Crippen LogP contribution in [0.25, 0.3) is 16.6 Å². The van der Waals surface area contributed by atoms with Gasteiger partial charge in [-0.05, 0) is 42.0 Å². The first-order valence-corrected chi connectivity index (χ1v) is 15.5. The molecule has 2 aromatic heterocycles. The number of rotatable bonds is 8. The Balaban J connectivity index is 1.27. The van der Waals surface area contributed by atoms with Crippen LogP contribution in [0.3, 0.4) is 0 Å². The molecule has 0 bridgehead atoms. The van der Waals surface area contributed by atoms with Gasteiger partial charge in [-0.15, -0.1) is 0 Å². The average molecular weight is 689 g/mol. The molecule has 0 unspecified atom stereocenters. The van der Waals surface area contributed by atoms with Crippen LogP contribution in [0.1, 0.15) is 17.7 Å². The van der Waals surface area contributed by atoms with Crippen molar-refractivity contribution in [3.8, 4) is 11.1 Å². The zero-order valence-corrected chi connectivity index (χ0v) is 25.1. The van der Waals surface area contributed by atoms with Gasteiger partial charge in [0.15, 0.2) is 5.82 Å². The van der Waals surface area contributed by atoms with E-state index in [4.69, 9.17) is 5.73 Å². The van der Waals surface area contributed by atoms with Crippen LogP contribution < -0.4 is 16.4 Å². The fourth-order valence-corrected chi connectivity index (χ4v) is 6.52. The lowest BCUT2D eigenvalue weighted by atomic mass is 10.1. The lowest BCUT2D eigenvalue weighted by molar-refractivity contribution is -0.137. The van der Waals surface area contributed by atoms with E-state index in [1.54, 1.807) is 22.7 Å². The summed E-state index contributed by atoms with van der Waals surface area (Å²) in [5.74, 6) is -1.90. The minimum absolute atomic E-state index is 0.0237. The van der Waals surface area contributed by atoms with E-state index in [9.17, 15) is 43.9 Å². The summed E-state index contributed by atoms with van der Waals surface area (Å²) in [5.41, 5.74) is 7.03. The van der Waals surface area contributed by atoms with Crippen molar-refractivity contribution in [2.24, 2.45) is 0 Å². The Morgan fingerprint density at radius 1 is 0.936 bits per heavy atom. The first-order chi connectivity index (χ1) is 22.0. The second kappa shape index (κ2) is 13.0. The second-order valence-corrected chi connectivity index (χ2v) is 12.7. The Morgan fingerprint density at radius 3 is 2.26 bits per heavy atom. The number of nitrogens with one attached hydrogen (secondary N) is 2. The van der Waals surface area contributed by atoms with Crippen LogP contribution >= 0.6 is 0 Å². The molecule has 11 nitrogen and oxygen atoms in total. The van der Waals surface area contributed by atoms with Crippen molar-refractivity contribution in [2.75, 3.05) is 48.3 Å². The number of carbonyl (C=O) groups excluding carboxylic acids is 1. The Kier molecular flexibility index (Phi) is 9.33. The molecule has 2 amide bonds. The highest BCUT2D eigenvalue weighted by molar-refractivity contribution is 7.89. The molecule has 1 aliphatic heterocycles. The summed E-state index contributed by atoms with van der Waals surface area (Å²) in [7, 11) is -4.06. The normalized spacial score (nSPS) is 15.2. The maximum atomic E-state index is 14.0. The molecule has 5 rings (SSSR count). The van der Waals surface area contributed by atoms with Gasteiger partial charge in [-0.25, -0.2) is 27.1 Å². The average Bonchev–Trinajstić information content (AvgIpc) is 3.36. The SMILES string of the molecule is Nc1ncnn2c(CN3CCN(S(=O)(=O)CCC(F)(F)F)CC3)cc(-c3ccc(NC(=O)Nc4cc(C(F)(F)F)ccc4F)cc3)c12. The van der Waals surface area contributed by atoms with Crippen molar-refractivity contribution in [2.45, 2.75) is 25.3 Å². The van der Waals surface area contributed by atoms with E-state index in [1.807, 2.05) is 4.90 Å². The number of carbonyl (C=O) groups is 1. The third-order valence-electron chi connectivity index (χ3n) is 7.41. The van der Waals surface area contributed by atoms with Crippen LogP contribution in [0.2, 0.25) is 0 Å². The smallest absolute Gasteiger partial charge is 0.382 e. The Hall–Kier alpha value is -4.49. The van der Waals surface area contributed by atoms with Gasteiger partial charge in [0.05, 0.1) is 29.1 Å². The largest absolute Gasteiger partial charge is 0.416 e. The van der Waals surface area contributed by atoms with Gasteiger partial charge in [-0.2, -0.15) is 35.7 Å². The van der Waals surface area contributed by atoms with E-state index < -0.39 is 57.6 Å². The number of alkyl halides is 6. The first-order valence-electron chi connectivity index (χ1n) is 13.9. The van der Waals surface area contributed by atoms with E-state index in [0.29, 0.717) is 47.1 Å². The van der Waals surface area contributed by atoms with E-state index in [0.717, 1.165) is 4.31 Å². The number of piperazine rings is 1. The van der Waals surface area contributed by atoms with Crippen LogP contribution in [0, 0.1) is 5.82 Å². The van der Waals surface area contributed by atoms with Gasteiger partial charge < -0.3 is 16.4 Å². The van der Waals surface area contributed by atoms with Gasteiger partial charge in [-0.1, -0.05) is 12.1 Å². The number of hydrogen-bond acceptors (Lipinski definition) is 7. The molecular formula is C28H27F7N8O3S. The standard InChI is InChI=1S/C28H27F7N8O3S/c29-22-6-3-18(28(33,34)35)13-23(22)40-26(44)39-19-4-1-17(2-5-19)21-14-20(43-24(21)25(36)37-16-38-43)15-41-8-10-42(11-9-41)47(45,46)12-7-27(30,31)32/h1-6,13-14,16H,7-12,15H2,(H2,36,37,38)(H2,39,40,44). The fourth-order valence-electron chi connectivity index (χ4n) is 5.05. The molecule has 0 aliphatic carbocycles. The molecule has 1 saturated heterocycles. The van der Waals surface area contributed by atoms with E-state index in [-0.39, 0.29) is 37.7 Å². The number of anilines is 3. The zero-order valence-electron chi connectivity index (χ0n) is 24.2. The van der Waals surface area contributed by atoms with Crippen LogP contribution in [-0.2, 0) is 22.7 Å². The first kappa shape index (κ1) is 33.9. The number of aromatic nitrogens is 3. The minimum Gasteiger partial charge on any atom is -0.382 e. The summed E-state index contributed by atoms with van der Waals surface area (Å²) in [6.07, 6.45) is -9.46. The molecule has 4 N–H and O–H groups in total. The number of nitrogens with two attached hydrogens (primary N) is 1. The molecule has 252 valence electrons. The second-order valence-electron chi connectivity index (χ2n) is 10.7. The lowest BCUT2D eigenvalue weighted by Crippen LogP contribution is -2.49. The molecule has 3 heterocycles. The van der Waals surface area contributed by atoms with Gasteiger partial charge in [0, 0.05) is 44.0 Å². The van der Waals surface area contributed by atoms with Gasteiger partial charge in [0.1, 0.15) is 17.7 Å². The quantitative estimate of drug-likeness (QED) is 0.217. The number of nitrogens with zero attached hydrogens (tertiary/aromatic N) is 5. The van der Waals surface area contributed by atoms with Gasteiger partial charge in [-0.3, -0.25) is 4.90 Å². The monoisotopic (exact) mass is 688 g/mol. The summed E-state index contributed by atoms with van der Waals surface area (Å²) >= 11 is 0. The summed E-state index contributed by atoms with van der Waals surface area (Å²) < 4.78 is 118. The summed E-state index contributed by atoms with van der Waals surface area (Å²) in [6, 6.07) is 8.78. The molecule has 1 aliphatic rings. The molecule has 1 fully saturated rings. The number of sulfonamides is 1. The van der Waals surface area contributed by atoms with E-state index >= 15 is 0 Å². The van der Waals surface area contributed by atoms with Gasteiger partial charge in [0.25, 0.3) is 0 Å². The number of halogens is 7. The number of urea groups is 1. The molecule has 0 saturated carbocycles. The zero-order chi connectivity index (χ0) is 34.1. The Morgan fingerprint density at radius 2 is 1.62 bits per heavy atom. The third-order valence-corrected chi connectivity index (χ3v) is 9.28. The highest BCUT2D eigenvalue weighted by Gasteiger charge is 2.34. The third kappa shape index (κ3) is 8.09. The molecule has 47 heavy (non-hydrogen) atoms. The molecular weight excluding hydrogens is 661 g/mol. The van der Waals surface area contributed by atoms with Crippen molar-refractivity contribution in [1.29, 1.82) is 0 Å². The van der Waals surface area contributed by atoms with Crippen LogP contribution in [-0.4, -0.2) is 76.4 Å². The van der Waals surface area contributed by atoms with Crippen molar-refractivity contribution in [3.63, 3.8) is 0 Å². The maximum Gasteiger partial charge on any atom is 0.416 e. The minimum atomic E-state index is -4.73. The Bertz CT molecular complexity index is 1870. The lowest BCUT2D eigenvalue weighted by Gasteiger charge is -2.33. The van der Waals surface area contributed by atoms with Gasteiger partial charge in [0.2, 0.25) is 10.0 Å². The summed E-state index contributed by atoms with van der Waals surface area (Å²) in [5, 5.41) is 8.80. The number of amides is 2. The Labute approximate surface area is 263 Å². The van der Waals surface area contributed by atoms with Crippen LogP contribution in [0.5, 0.6) is 0 Å². The number of nitrogen functional groups attached to an aromatic ring is 1. The van der Waals surface area contributed by atoms with Crippen molar-refractivity contribution in [1.82, 2.24) is 23.8 Å². The van der Waals surface area contributed by atoms with Crippen molar-refractivity contribution in [3.05, 3.63) is 71.9 Å². The number of fused-ring (bicyclic) bond motifs is 1. The highest BCUT2D eigenvalue weighted by atomic mass is 32.2. The number of hydrogen-bond donors (Lipinski definition) is 3. The molecule has 0 atom stereocenters.